The first-order chi connectivity index (χ1) is 13.4. The summed E-state index contributed by atoms with van der Waals surface area (Å²) < 4.78 is 14.5. The Labute approximate surface area is 208 Å². The minimum absolute atomic E-state index is 0. The van der Waals surface area contributed by atoms with Crippen molar-refractivity contribution in [1.82, 2.24) is 0 Å². The molecule has 0 bridgehead atoms. The third-order valence-electron chi connectivity index (χ3n) is 6.72. The van der Waals surface area contributed by atoms with Crippen LogP contribution in [0.2, 0.25) is 0 Å². The monoisotopic (exact) mass is 556 g/mol. The molecule has 2 fully saturated rings. The summed E-state index contributed by atoms with van der Waals surface area (Å²) in [5.74, 6) is 0. The van der Waals surface area contributed by atoms with Crippen molar-refractivity contribution in [1.29, 1.82) is 0 Å². The molecular formula is C24H50Br2N2O2. The summed E-state index contributed by atoms with van der Waals surface area (Å²) in [5, 5.41) is 0. The molecule has 2 rings (SSSR count). The number of hydrogen-bond acceptors (Lipinski definition) is 2. The number of piperidine rings is 2. The van der Waals surface area contributed by atoms with Gasteiger partial charge in [0.15, 0.2) is 0 Å². The fraction of sp³-hybridized carbons (Fsp3) is 1.00. The fourth-order valence-electron chi connectivity index (χ4n) is 5.00. The maximum Gasteiger partial charge on any atom is 0.107 e. The third-order valence-corrected chi connectivity index (χ3v) is 6.72. The smallest absolute Gasteiger partial charge is 0.107 e. The number of halogens is 2. The standard InChI is InChI=1S/C24H50N2O2.2BrH/c1-25(2)17-13-15-23(21-25)27-19-11-9-7-5-6-8-10-12-20-28-24-16-14-18-26(3,4)22-24;;/h23-24H,5-22H2,1-4H3;2*1H/q+2;;/p-2. The van der Waals surface area contributed by atoms with E-state index in [1.807, 2.05) is 0 Å². The third kappa shape index (κ3) is 14.1. The maximum atomic E-state index is 6.12. The van der Waals surface area contributed by atoms with Gasteiger partial charge >= 0.3 is 0 Å². The van der Waals surface area contributed by atoms with Crippen molar-refractivity contribution in [2.24, 2.45) is 0 Å². The van der Waals surface area contributed by atoms with Crippen LogP contribution in [-0.4, -0.2) is 88.8 Å². The molecule has 2 atom stereocenters. The fourth-order valence-corrected chi connectivity index (χ4v) is 5.00. The second-order valence-electron chi connectivity index (χ2n) is 10.8. The minimum atomic E-state index is 0. The second-order valence-corrected chi connectivity index (χ2v) is 10.8. The van der Waals surface area contributed by atoms with Gasteiger partial charge in [-0.05, 0) is 38.5 Å². The van der Waals surface area contributed by atoms with E-state index < -0.39 is 0 Å². The molecule has 2 saturated heterocycles. The summed E-state index contributed by atoms with van der Waals surface area (Å²) >= 11 is 0. The molecule has 2 aliphatic rings. The maximum absolute atomic E-state index is 6.12. The van der Waals surface area contributed by atoms with E-state index in [2.05, 4.69) is 28.2 Å². The Morgan fingerprint density at radius 3 is 1.23 bits per heavy atom. The average molecular weight is 558 g/mol. The summed E-state index contributed by atoms with van der Waals surface area (Å²) in [5.41, 5.74) is 0. The van der Waals surface area contributed by atoms with Gasteiger partial charge in [0.1, 0.15) is 25.3 Å². The highest BCUT2D eigenvalue weighted by molar-refractivity contribution is 4.64. The van der Waals surface area contributed by atoms with Crippen molar-refractivity contribution in [3.8, 4) is 0 Å². The van der Waals surface area contributed by atoms with Crippen LogP contribution in [0.15, 0.2) is 0 Å². The number of hydrogen-bond donors (Lipinski definition) is 0. The number of quaternary nitrogens is 2. The van der Waals surface area contributed by atoms with Crippen molar-refractivity contribution in [3.63, 3.8) is 0 Å². The van der Waals surface area contributed by atoms with Crippen LogP contribution in [0, 0.1) is 0 Å². The summed E-state index contributed by atoms with van der Waals surface area (Å²) in [6.45, 7) is 6.95. The lowest BCUT2D eigenvalue weighted by Gasteiger charge is -2.37. The first-order valence-corrected chi connectivity index (χ1v) is 12.2. The zero-order valence-electron chi connectivity index (χ0n) is 20.3. The lowest BCUT2D eigenvalue weighted by Crippen LogP contribution is -3.00. The molecule has 30 heavy (non-hydrogen) atoms. The van der Waals surface area contributed by atoms with Crippen molar-refractivity contribution in [2.75, 3.05) is 67.6 Å². The van der Waals surface area contributed by atoms with Gasteiger partial charge in [-0.2, -0.15) is 0 Å². The van der Waals surface area contributed by atoms with Gasteiger partial charge in [0.05, 0.1) is 41.3 Å². The van der Waals surface area contributed by atoms with Gasteiger partial charge in [0.2, 0.25) is 0 Å². The number of likely N-dealkylation sites (N-methyl/N-ethyl adjacent to an activating group) is 2. The molecule has 0 aromatic carbocycles. The first-order valence-electron chi connectivity index (χ1n) is 12.2. The summed E-state index contributed by atoms with van der Waals surface area (Å²) in [4.78, 5) is 0. The van der Waals surface area contributed by atoms with Gasteiger partial charge in [-0.3, -0.25) is 0 Å². The van der Waals surface area contributed by atoms with E-state index in [0.29, 0.717) is 12.2 Å². The van der Waals surface area contributed by atoms with Gasteiger partial charge in [0, 0.05) is 13.2 Å². The van der Waals surface area contributed by atoms with Crippen molar-refractivity contribution in [2.45, 2.75) is 89.3 Å². The zero-order chi connectivity index (χ0) is 20.3. The van der Waals surface area contributed by atoms with Crippen LogP contribution in [0.4, 0.5) is 0 Å². The van der Waals surface area contributed by atoms with E-state index in [1.165, 1.54) is 103 Å². The molecule has 0 radical (unpaired) electrons. The van der Waals surface area contributed by atoms with Crippen LogP contribution in [0.5, 0.6) is 0 Å². The molecule has 6 heteroatoms. The van der Waals surface area contributed by atoms with Crippen LogP contribution < -0.4 is 34.0 Å². The second kappa shape index (κ2) is 16.4. The number of unbranched alkanes of at least 4 members (excludes halogenated alkanes) is 7. The molecule has 0 aromatic rings. The molecule has 0 aliphatic carbocycles. The first kappa shape index (κ1) is 30.8. The normalized spacial score (nSPS) is 25.2. The lowest BCUT2D eigenvalue weighted by molar-refractivity contribution is -0.898. The number of nitrogens with zero attached hydrogens (tertiary/aromatic N) is 2. The highest BCUT2D eigenvalue weighted by Crippen LogP contribution is 2.19. The van der Waals surface area contributed by atoms with Crippen LogP contribution >= 0.6 is 0 Å². The molecule has 2 unspecified atom stereocenters. The summed E-state index contributed by atoms with van der Waals surface area (Å²) in [6, 6.07) is 0. The number of likely N-dealkylation sites (tertiary alicyclic amines) is 2. The van der Waals surface area contributed by atoms with E-state index in [1.54, 1.807) is 0 Å². The summed E-state index contributed by atoms with van der Waals surface area (Å²) in [7, 11) is 9.32. The van der Waals surface area contributed by atoms with Crippen molar-refractivity contribution < 1.29 is 52.4 Å². The predicted octanol–water partition coefficient (Wildman–Crippen LogP) is -1.37. The Balaban J connectivity index is 0.00000420. The van der Waals surface area contributed by atoms with Crippen LogP contribution in [-0.2, 0) is 9.47 Å². The van der Waals surface area contributed by atoms with Crippen LogP contribution in [0.3, 0.4) is 0 Å². The molecule has 0 N–H and O–H groups in total. The van der Waals surface area contributed by atoms with E-state index in [9.17, 15) is 0 Å². The predicted molar refractivity (Wildman–Crippen MR) is 119 cm³/mol. The van der Waals surface area contributed by atoms with Crippen LogP contribution in [0.1, 0.15) is 77.0 Å². The Morgan fingerprint density at radius 1 is 0.567 bits per heavy atom. The van der Waals surface area contributed by atoms with E-state index in [4.69, 9.17) is 9.47 Å². The molecule has 0 spiro atoms. The molecule has 2 aliphatic heterocycles. The SMILES string of the molecule is C[N+]1(C)CCCC(OCCCCCCCCCCOC2CCC[N+](C)(C)C2)C1.[Br-].[Br-]. The van der Waals surface area contributed by atoms with E-state index >= 15 is 0 Å². The minimum Gasteiger partial charge on any atom is -1.00 e. The quantitative estimate of drug-likeness (QED) is 0.205. The highest BCUT2D eigenvalue weighted by Gasteiger charge is 2.28. The molecule has 4 nitrogen and oxygen atoms in total. The largest absolute Gasteiger partial charge is 1.00 e. The lowest BCUT2D eigenvalue weighted by atomic mass is 10.1. The average Bonchev–Trinajstić information content (AvgIpc) is 2.61. The molecule has 2 heterocycles. The molecule has 182 valence electrons. The van der Waals surface area contributed by atoms with Gasteiger partial charge < -0.3 is 52.4 Å². The Morgan fingerprint density at radius 2 is 0.900 bits per heavy atom. The van der Waals surface area contributed by atoms with Gasteiger partial charge in [-0.25, -0.2) is 0 Å². The molecular weight excluding hydrogens is 508 g/mol. The summed E-state index contributed by atoms with van der Waals surface area (Å²) in [6.07, 6.45) is 16.9. The Bertz CT molecular complexity index is 384. The zero-order valence-corrected chi connectivity index (χ0v) is 23.5. The highest BCUT2D eigenvalue weighted by atomic mass is 79.9. The van der Waals surface area contributed by atoms with Crippen molar-refractivity contribution >= 4 is 0 Å². The van der Waals surface area contributed by atoms with Gasteiger partial charge in [0.25, 0.3) is 0 Å². The molecule has 0 aromatic heterocycles. The van der Waals surface area contributed by atoms with Crippen molar-refractivity contribution in [3.05, 3.63) is 0 Å². The van der Waals surface area contributed by atoms with Gasteiger partial charge in [-0.15, -0.1) is 0 Å². The topological polar surface area (TPSA) is 18.5 Å². The molecule has 0 amide bonds. The Kier molecular flexibility index (Phi) is 16.9. The Hall–Kier alpha value is 0.800. The number of ether oxygens (including phenoxy) is 2. The van der Waals surface area contributed by atoms with E-state index in [0.717, 1.165) is 22.2 Å². The van der Waals surface area contributed by atoms with Crippen LogP contribution in [0.25, 0.3) is 0 Å². The van der Waals surface area contributed by atoms with Gasteiger partial charge in [-0.1, -0.05) is 38.5 Å². The number of rotatable bonds is 13. The molecule has 0 saturated carbocycles. The van der Waals surface area contributed by atoms with E-state index in [-0.39, 0.29) is 34.0 Å².